The minimum Gasteiger partial charge on any atom is -0.0863 e. The highest BCUT2D eigenvalue weighted by Gasteiger charge is 2.15. The lowest BCUT2D eigenvalue weighted by molar-refractivity contribution is 1.64. The number of hydrogen-bond acceptors (Lipinski definition) is 0. The van der Waals surface area contributed by atoms with Crippen molar-refractivity contribution in [3.05, 3.63) is 29.8 Å². The van der Waals surface area contributed by atoms with Gasteiger partial charge in [0.25, 0.3) is 0 Å². The van der Waals surface area contributed by atoms with Crippen molar-refractivity contribution in [2.75, 3.05) is 5.33 Å². The Balaban J connectivity index is 2.89. The fourth-order valence-corrected chi connectivity index (χ4v) is 2.50. The summed E-state index contributed by atoms with van der Waals surface area (Å²) in [7, 11) is -1.14. The highest BCUT2D eigenvalue weighted by atomic mass is 79.9. The first-order valence-corrected chi connectivity index (χ1v) is 9.31. The molecule has 0 saturated heterocycles. The minimum atomic E-state index is -1.14. The van der Waals surface area contributed by atoms with Crippen LogP contribution in [-0.4, -0.2) is 13.4 Å². The Kier molecular flexibility index (Phi) is 3.97. The predicted molar refractivity (Wildman–Crippen MR) is 70.1 cm³/mol. The van der Waals surface area contributed by atoms with Crippen molar-refractivity contribution in [2.45, 2.75) is 19.6 Å². The smallest absolute Gasteiger partial charge is 0.0775 e. The largest absolute Gasteiger partial charge is 0.0863 e. The summed E-state index contributed by atoms with van der Waals surface area (Å²) in [6, 6.07) is 8.65. The van der Waals surface area contributed by atoms with Gasteiger partial charge in [-0.1, -0.05) is 64.7 Å². The van der Waals surface area contributed by atoms with Crippen LogP contribution in [0.25, 0.3) is 0 Å². The van der Waals surface area contributed by atoms with E-state index in [-0.39, 0.29) is 0 Å². The molecule has 1 aromatic carbocycles. The molecule has 1 rings (SSSR count). The van der Waals surface area contributed by atoms with Crippen LogP contribution in [0.2, 0.25) is 19.6 Å². The molecule has 0 aliphatic rings. The molecule has 0 aliphatic heterocycles. The number of benzene rings is 1. The highest BCUT2D eigenvalue weighted by molar-refractivity contribution is 9.09. The monoisotopic (exact) mass is 266 g/mol. The summed E-state index contributed by atoms with van der Waals surface area (Å²) in [4.78, 5) is 0. The van der Waals surface area contributed by atoms with E-state index in [9.17, 15) is 0 Å². The molecular weight excluding hydrogens is 252 g/mol. The third-order valence-corrected chi connectivity index (χ3v) is 4.40. The Morgan fingerprint density at radius 2 is 1.71 bits per heavy atom. The molecule has 0 spiro atoms. The van der Waals surface area contributed by atoms with E-state index in [1.807, 2.05) is 0 Å². The quantitative estimate of drug-likeness (QED) is 0.417. The maximum Gasteiger partial charge on any atom is 0.0775 e. The van der Waals surface area contributed by atoms with Crippen LogP contribution in [0.4, 0.5) is 0 Å². The standard InChI is InChI=1S/C12H15BrSi/c1-14(2,3)12-8-6-11(7-9-12)5-4-10-13/h6-9H,10H2,1-3H3. The fourth-order valence-electron chi connectivity index (χ4n) is 1.19. The van der Waals surface area contributed by atoms with Gasteiger partial charge in [0.05, 0.1) is 13.4 Å². The van der Waals surface area contributed by atoms with Gasteiger partial charge in [-0.25, -0.2) is 0 Å². The lowest BCUT2D eigenvalue weighted by Gasteiger charge is -2.15. The highest BCUT2D eigenvalue weighted by Crippen LogP contribution is 2.03. The van der Waals surface area contributed by atoms with E-state index in [0.29, 0.717) is 0 Å². The summed E-state index contributed by atoms with van der Waals surface area (Å²) < 4.78 is 0. The Labute approximate surface area is 95.9 Å². The first kappa shape index (κ1) is 11.6. The Morgan fingerprint density at radius 1 is 1.14 bits per heavy atom. The first-order chi connectivity index (χ1) is 6.54. The lowest BCUT2D eigenvalue weighted by Crippen LogP contribution is -2.37. The van der Waals surface area contributed by atoms with Crippen LogP contribution >= 0.6 is 15.9 Å². The molecule has 0 aromatic heterocycles. The molecule has 0 N–H and O–H groups in total. The van der Waals surface area contributed by atoms with E-state index >= 15 is 0 Å². The number of hydrogen-bond donors (Lipinski definition) is 0. The molecule has 0 radical (unpaired) electrons. The third kappa shape index (κ3) is 3.32. The summed E-state index contributed by atoms with van der Waals surface area (Å²) in [6.45, 7) is 7.06. The van der Waals surface area contributed by atoms with Crippen molar-refractivity contribution < 1.29 is 0 Å². The summed E-state index contributed by atoms with van der Waals surface area (Å²) in [5.41, 5.74) is 1.10. The van der Waals surface area contributed by atoms with Gasteiger partial charge >= 0.3 is 0 Å². The van der Waals surface area contributed by atoms with Crippen molar-refractivity contribution in [3.8, 4) is 11.8 Å². The van der Waals surface area contributed by atoms with Gasteiger partial charge in [-0.15, -0.1) is 0 Å². The van der Waals surface area contributed by atoms with Crippen LogP contribution in [-0.2, 0) is 0 Å². The zero-order valence-corrected chi connectivity index (χ0v) is 11.5. The maximum atomic E-state index is 3.29. The fraction of sp³-hybridized carbons (Fsp3) is 0.333. The van der Waals surface area contributed by atoms with Crippen LogP contribution < -0.4 is 5.19 Å². The van der Waals surface area contributed by atoms with Gasteiger partial charge in [-0.2, -0.15) is 0 Å². The molecule has 0 unspecified atom stereocenters. The van der Waals surface area contributed by atoms with Crippen molar-refractivity contribution in [3.63, 3.8) is 0 Å². The van der Waals surface area contributed by atoms with Gasteiger partial charge in [-0.05, 0) is 12.1 Å². The van der Waals surface area contributed by atoms with E-state index in [2.05, 4.69) is 71.7 Å². The average Bonchev–Trinajstić information content (AvgIpc) is 2.14. The topological polar surface area (TPSA) is 0 Å². The SMILES string of the molecule is C[Si](C)(C)c1ccc(C#CCBr)cc1. The second kappa shape index (κ2) is 4.81. The van der Waals surface area contributed by atoms with E-state index in [1.165, 1.54) is 5.19 Å². The molecule has 0 aliphatic carbocycles. The van der Waals surface area contributed by atoms with Gasteiger partial charge in [0.15, 0.2) is 0 Å². The Hall–Kier alpha value is -0.523. The molecule has 0 atom stereocenters. The molecule has 14 heavy (non-hydrogen) atoms. The van der Waals surface area contributed by atoms with Gasteiger partial charge in [0.1, 0.15) is 0 Å². The van der Waals surface area contributed by atoms with E-state index < -0.39 is 8.07 Å². The number of halogens is 1. The summed E-state index contributed by atoms with van der Waals surface area (Å²) in [6.07, 6.45) is 0. The second-order valence-electron chi connectivity index (χ2n) is 4.26. The van der Waals surface area contributed by atoms with E-state index in [1.54, 1.807) is 0 Å². The number of alkyl halides is 1. The van der Waals surface area contributed by atoms with Crippen LogP contribution in [0.3, 0.4) is 0 Å². The van der Waals surface area contributed by atoms with E-state index in [0.717, 1.165) is 10.9 Å². The predicted octanol–water partition coefficient (Wildman–Crippen LogP) is 2.98. The zero-order valence-electron chi connectivity index (χ0n) is 8.89. The van der Waals surface area contributed by atoms with Gasteiger partial charge in [-0.3, -0.25) is 0 Å². The molecular formula is C12H15BrSi. The van der Waals surface area contributed by atoms with Crippen molar-refractivity contribution >= 4 is 29.2 Å². The van der Waals surface area contributed by atoms with Crippen LogP contribution in [0.15, 0.2) is 24.3 Å². The molecule has 74 valence electrons. The normalized spacial score (nSPS) is 10.6. The molecule has 0 fully saturated rings. The van der Waals surface area contributed by atoms with Crippen LogP contribution in [0.1, 0.15) is 5.56 Å². The Morgan fingerprint density at radius 3 is 2.14 bits per heavy atom. The lowest BCUT2D eigenvalue weighted by atomic mass is 10.2. The van der Waals surface area contributed by atoms with Crippen molar-refractivity contribution in [2.24, 2.45) is 0 Å². The summed E-state index contributed by atoms with van der Waals surface area (Å²) >= 11 is 3.29. The first-order valence-electron chi connectivity index (χ1n) is 4.69. The van der Waals surface area contributed by atoms with E-state index in [4.69, 9.17) is 0 Å². The average molecular weight is 267 g/mol. The van der Waals surface area contributed by atoms with Crippen molar-refractivity contribution in [1.29, 1.82) is 0 Å². The number of rotatable bonds is 1. The van der Waals surface area contributed by atoms with Crippen LogP contribution in [0.5, 0.6) is 0 Å². The van der Waals surface area contributed by atoms with Gasteiger partial charge < -0.3 is 0 Å². The molecule has 0 nitrogen and oxygen atoms in total. The summed E-state index contributed by atoms with van der Waals surface area (Å²) in [5.74, 6) is 6.09. The summed E-state index contributed by atoms with van der Waals surface area (Å²) in [5, 5.41) is 2.23. The zero-order chi connectivity index (χ0) is 10.6. The molecule has 0 saturated carbocycles. The minimum absolute atomic E-state index is 0.739. The maximum absolute atomic E-state index is 3.29. The second-order valence-corrected chi connectivity index (χ2v) is 9.90. The molecule has 2 heteroatoms. The van der Waals surface area contributed by atoms with Gasteiger partial charge in [0, 0.05) is 5.56 Å². The molecule has 0 amide bonds. The molecule has 0 bridgehead atoms. The molecule has 1 aromatic rings. The van der Waals surface area contributed by atoms with Gasteiger partial charge in [0.2, 0.25) is 0 Å². The Bertz CT molecular complexity index is 349. The van der Waals surface area contributed by atoms with Crippen LogP contribution in [0, 0.1) is 11.8 Å². The molecule has 0 heterocycles. The van der Waals surface area contributed by atoms with Crippen molar-refractivity contribution in [1.82, 2.24) is 0 Å². The third-order valence-electron chi connectivity index (χ3n) is 2.05.